The van der Waals surface area contributed by atoms with Crippen molar-refractivity contribution in [3.05, 3.63) is 11.6 Å². The highest BCUT2D eigenvalue weighted by atomic mass is 16.7. The van der Waals surface area contributed by atoms with Crippen LogP contribution in [-0.2, 0) is 9.47 Å². The average Bonchev–Trinajstić information content (AvgIpc) is 3.24. The van der Waals surface area contributed by atoms with Crippen LogP contribution in [0.25, 0.3) is 0 Å². The summed E-state index contributed by atoms with van der Waals surface area (Å²) >= 11 is 0. The summed E-state index contributed by atoms with van der Waals surface area (Å²) in [6.45, 7) is 17.3. The minimum absolute atomic E-state index is 0.00156. The van der Waals surface area contributed by atoms with Crippen molar-refractivity contribution in [2.75, 3.05) is 6.61 Å². The quantitative estimate of drug-likeness (QED) is 0.182. The molecule has 4 aliphatic carbocycles. The molecule has 8 heteroatoms. The lowest BCUT2D eigenvalue weighted by Gasteiger charge is -2.67. The third-order valence-electron chi connectivity index (χ3n) is 14.4. The summed E-state index contributed by atoms with van der Waals surface area (Å²) in [5.74, 6) is 1.22. The summed E-state index contributed by atoms with van der Waals surface area (Å²) in [5.41, 5.74) is -0.253. The first-order chi connectivity index (χ1) is 20.3. The molecule has 0 radical (unpaired) electrons. The summed E-state index contributed by atoms with van der Waals surface area (Å²) in [4.78, 5) is 0. The second kappa shape index (κ2) is 11.8. The normalized spacial score (nSPS) is 51.5. The number of aliphatic hydroxyl groups excluding tert-OH is 5. The van der Waals surface area contributed by atoms with E-state index in [-0.39, 0.29) is 33.7 Å². The lowest BCUT2D eigenvalue weighted by Crippen LogP contribution is -2.65. The van der Waals surface area contributed by atoms with Crippen molar-refractivity contribution in [1.82, 2.24) is 0 Å². The molecule has 0 spiro atoms. The number of allylic oxidation sites excluding steroid dienone is 2. The number of fused-ring (bicyclic) bond motifs is 5. The highest BCUT2D eigenvalue weighted by Gasteiger charge is 2.70. The third-order valence-corrected chi connectivity index (χ3v) is 14.4. The summed E-state index contributed by atoms with van der Waals surface area (Å²) in [6.07, 6.45) is 3.17. The van der Waals surface area contributed by atoms with Crippen LogP contribution in [0.2, 0.25) is 0 Å². The van der Waals surface area contributed by atoms with Gasteiger partial charge in [-0.2, -0.15) is 0 Å². The van der Waals surface area contributed by atoms with E-state index in [4.69, 9.17) is 9.47 Å². The van der Waals surface area contributed by atoms with E-state index in [0.717, 1.165) is 51.4 Å². The zero-order valence-electron chi connectivity index (χ0n) is 28.5. The van der Waals surface area contributed by atoms with Crippen LogP contribution in [0.4, 0.5) is 0 Å². The lowest BCUT2D eigenvalue weighted by molar-refractivity contribution is -0.330. The van der Waals surface area contributed by atoms with Gasteiger partial charge in [0, 0.05) is 5.41 Å². The van der Waals surface area contributed by atoms with Crippen LogP contribution in [0.3, 0.4) is 0 Å². The lowest BCUT2D eigenvalue weighted by atomic mass is 9.39. The van der Waals surface area contributed by atoms with Crippen molar-refractivity contribution < 1.29 is 40.1 Å². The first-order valence-electron chi connectivity index (χ1n) is 17.3. The van der Waals surface area contributed by atoms with Gasteiger partial charge < -0.3 is 40.1 Å². The Bertz CT molecular complexity index is 1070. The molecule has 4 saturated carbocycles. The zero-order valence-corrected chi connectivity index (χ0v) is 28.5. The Balaban J connectivity index is 1.36. The van der Waals surface area contributed by atoms with E-state index >= 15 is 0 Å². The van der Waals surface area contributed by atoms with Gasteiger partial charge >= 0.3 is 0 Å². The topological polar surface area (TPSA) is 140 Å². The highest BCUT2D eigenvalue weighted by molar-refractivity contribution is 5.19. The SMILES string of the molecule is CC(C)=CCC[C@@](C)(O)[C@@]1(C)CC[C@]2(C)[C@@H]3CC[C@H]4C(C)(C)[C@H](O[C@@H]5O[C@H](CO)[C@@H](O)[C@H](O)[C@@H]5O)CC[C@]4(C)[C@H]3C[C@H](O)[C@@H]21. The Labute approximate surface area is 265 Å². The number of aliphatic hydroxyl groups is 6. The fourth-order valence-corrected chi connectivity index (χ4v) is 11.8. The molecule has 8 nitrogen and oxygen atoms in total. The molecule has 0 amide bonds. The molecule has 0 aromatic carbocycles. The van der Waals surface area contributed by atoms with Crippen molar-refractivity contribution in [1.29, 1.82) is 0 Å². The van der Waals surface area contributed by atoms with Crippen LogP contribution >= 0.6 is 0 Å². The van der Waals surface area contributed by atoms with Gasteiger partial charge in [-0.1, -0.05) is 46.3 Å². The van der Waals surface area contributed by atoms with E-state index in [1.54, 1.807) is 0 Å². The average molecular weight is 623 g/mol. The second-order valence-electron chi connectivity index (χ2n) is 17.3. The Hall–Kier alpha value is -0.580. The molecule has 5 fully saturated rings. The predicted octanol–water partition coefficient (Wildman–Crippen LogP) is 4.32. The van der Waals surface area contributed by atoms with E-state index in [2.05, 4.69) is 54.5 Å². The van der Waals surface area contributed by atoms with Crippen LogP contribution in [0.1, 0.15) is 113 Å². The molecular formula is C36H62O8. The Morgan fingerprint density at radius 3 is 2.20 bits per heavy atom. The molecule has 6 N–H and O–H groups in total. The van der Waals surface area contributed by atoms with Crippen molar-refractivity contribution >= 4 is 0 Å². The number of hydrogen-bond donors (Lipinski definition) is 6. The Morgan fingerprint density at radius 1 is 0.886 bits per heavy atom. The van der Waals surface area contributed by atoms with Crippen LogP contribution < -0.4 is 0 Å². The summed E-state index contributed by atoms with van der Waals surface area (Å²) in [7, 11) is 0. The molecule has 1 aliphatic heterocycles. The van der Waals surface area contributed by atoms with Crippen LogP contribution in [0.15, 0.2) is 11.6 Å². The maximum atomic E-state index is 12.1. The van der Waals surface area contributed by atoms with Crippen LogP contribution in [0.5, 0.6) is 0 Å². The fraction of sp³-hybridized carbons (Fsp3) is 0.944. The van der Waals surface area contributed by atoms with E-state index in [9.17, 15) is 30.6 Å². The molecule has 15 atom stereocenters. The van der Waals surface area contributed by atoms with Crippen molar-refractivity contribution in [3.63, 3.8) is 0 Å². The molecule has 5 aliphatic rings. The number of hydrogen-bond acceptors (Lipinski definition) is 8. The number of rotatable bonds is 7. The van der Waals surface area contributed by atoms with Gasteiger partial charge in [-0.25, -0.2) is 0 Å². The minimum atomic E-state index is -1.46. The maximum Gasteiger partial charge on any atom is 0.186 e. The molecule has 0 aromatic heterocycles. The monoisotopic (exact) mass is 622 g/mol. The first-order valence-corrected chi connectivity index (χ1v) is 17.3. The van der Waals surface area contributed by atoms with Gasteiger partial charge in [-0.15, -0.1) is 0 Å². The molecule has 5 rings (SSSR count). The van der Waals surface area contributed by atoms with Crippen molar-refractivity contribution in [3.8, 4) is 0 Å². The summed E-state index contributed by atoms with van der Waals surface area (Å²) in [6, 6.07) is 0. The van der Waals surface area contributed by atoms with E-state index in [1.165, 1.54) is 5.57 Å². The van der Waals surface area contributed by atoms with Gasteiger partial charge in [0.2, 0.25) is 0 Å². The molecule has 1 saturated heterocycles. The maximum absolute atomic E-state index is 12.1. The Morgan fingerprint density at radius 2 is 1.57 bits per heavy atom. The van der Waals surface area contributed by atoms with Gasteiger partial charge in [0.15, 0.2) is 6.29 Å². The molecule has 0 bridgehead atoms. The van der Waals surface area contributed by atoms with Gasteiger partial charge in [0.25, 0.3) is 0 Å². The molecule has 254 valence electrons. The van der Waals surface area contributed by atoms with Crippen molar-refractivity contribution in [2.45, 2.75) is 162 Å². The van der Waals surface area contributed by atoms with Gasteiger partial charge in [0.1, 0.15) is 24.4 Å². The largest absolute Gasteiger partial charge is 0.394 e. The molecule has 44 heavy (non-hydrogen) atoms. The Kier molecular flexibility index (Phi) is 9.35. The van der Waals surface area contributed by atoms with Gasteiger partial charge in [-0.05, 0) is 118 Å². The summed E-state index contributed by atoms with van der Waals surface area (Å²) in [5, 5.41) is 65.0. The second-order valence-corrected chi connectivity index (χ2v) is 17.3. The smallest absolute Gasteiger partial charge is 0.186 e. The fourth-order valence-electron chi connectivity index (χ4n) is 11.8. The third kappa shape index (κ3) is 5.26. The van der Waals surface area contributed by atoms with Gasteiger partial charge in [-0.3, -0.25) is 0 Å². The van der Waals surface area contributed by atoms with Crippen LogP contribution in [0, 0.1) is 45.3 Å². The molecular weight excluding hydrogens is 560 g/mol. The standard InChI is InChI=1S/C36H62O8/c1-20(2)10-9-14-36(8,42)35(7)17-16-34(6)21-11-12-25-32(3,4)26(13-15-33(25,5)22(21)18-23(38)30(34)35)44-31-29(41)28(40)27(39)24(19-37)43-31/h10,21-31,37-42H,9,11-19H2,1-8H3/t21-,22+,23+,24-,25+,26-,27-,28+,29+,30+,31+,33-,34-,35+,36-/m1/s1. The van der Waals surface area contributed by atoms with E-state index in [1.807, 2.05) is 6.92 Å². The molecule has 0 aromatic rings. The van der Waals surface area contributed by atoms with E-state index in [0.29, 0.717) is 24.2 Å². The number of ether oxygens (including phenoxy) is 2. The minimum Gasteiger partial charge on any atom is -0.394 e. The van der Waals surface area contributed by atoms with Crippen LogP contribution in [-0.4, -0.2) is 85.8 Å². The summed E-state index contributed by atoms with van der Waals surface area (Å²) < 4.78 is 12.2. The van der Waals surface area contributed by atoms with E-state index < -0.39 is 49.0 Å². The highest BCUT2D eigenvalue weighted by Crippen LogP contribution is 2.73. The zero-order chi connectivity index (χ0) is 32.6. The molecule has 1 heterocycles. The van der Waals surface area contributed by atoms with Gasteiger partial charge in [0.05, 0.1) is 24.4 Å². The first kappa shape index (κ1) is 34.7. The predicted molar refractivity (Wildman–Crippen MR) is 168 cm³/mol. The van der Waals surface area contributed by atoms with Crippen molar-refractivity contribution in [2.24, 2.45) is 45.3 Å². The molecule has 0 unspecified atom stereocenters.